The van der Waals surface area contributed by atoms with Crippen LogP contribution in [0.3, 0.4) is 0 Å². The third kappa shape index (κ3) is 9.39. The van der Waals surface area contributed by atoms with Gasteiger partial charge in [-0.15, -0.1) is 24.0 Å². The third-order valence-electron chi connectivity index (χ3n) is 3.25. The normalized spacial score (nSPS) is 18.3. The molecule has 0 spiro atoms. The lowest BCUT2D eigenvalue weighted by molar-refractivity contribution is -0.127. The van der Waals surface area contributed by atoms with Crippen molar-refractivity contribution in [2.24, 2.45) is 4.99 Å². The van der Waals surface area contributed by atoms with Crippen LogP contribution in [0, 0.1) is 0 Å². The molecular formula is C14H28FIN4O2. The minimum Gasteiger partial charge on any atom is -0.376 e. The summed E-state index contributed by atoms with van der Waals surface area (Å²) in [5.74, 6) is 0.461. The Bertz CT molecular complexity index is 337. The molecule has 0 saturated carbocycles. The second-order valence-corrected chi connectivity index (χ2v) is 5.29. The van der Waals surface area contributed by atoms with Crippen molar-refractivity contribution in [3.8, 4) is 0 Å². The Labute approximate surface area is 149 Å². The van der Waals surface area contributed by atoms with E-state index in [1.165, 1.54) is 11.3 Å². The summed E-state index contributed by atoms with van der Waals surface area (Å²) in [5, 5.41) is 6.19. The first kappa shape index (κ1) is 21.4. The van der Waals surface area contributed by atoms with E-state index in [9.17, 15) is 9.18 Å². The molecule has 0 radical (unpaired) electrons. The number of rotatable bonds is 7. The van der Waals surface area contributed by atoms with Crippen LogP contribution in [0.4, 0.5) is 4.39 Å². The molecule has 1 unspecified atom stereocenters. The van der Waals surface area contributed by atoms with Gasteiger partial charge in [-0.05, 0) is 25.7 Å². The van der Waals surface area contributed by atoms with Crippen LogP contribution in [0.5, 0.6) is 0 Å². The lowest BCUT2D eigenvalue weighted by atomic mass is 10.1. The predicted molar refractivity (Wildman–Crippen MR) is 96.6 cm³/mol. The fraction of sp³-hybridized carbons (Fsp3) is 0.857. The largest absolute Gasteiger partial charge is 0.376 e. The highest BCUT2D eigenvalue weighted by atomic mass is 127. The molecule has 1 aliphatic rings. The second kappa shape index (κ2) is 12.9. The number of ether oxygens (including phenoxy) is 1. The van der Waals surface area contributed by atoms with Crippen molar-refractivity contribution < 1.29 is 13.9 Å². The Hall–Kier alpha value is -0.640. The number of carbonyl (C=O) groups is 1. The fourth-order valence-corrected chi connectivity index (χ4v) is 1.91. The maximum atomic E-state index is 12.2. The smallest absolute Gasteiger partial charge is 0.243 e. The van der Waals surface area contributed by atoms with E-state index in [0.717, 1.165) is 19.4 Å². The van der Waals surface area contributed by atoms with Gasteiger partial charge < -0.3 is 20.3 Å². The monoisotopic (exact) mass is 430 g/mol. The molecule has 8 heteroatoms. The summed E-state index contributed by atoms with van der Waals surface area (Å²) in [6.07, 6.45) is 3.91. The summed E-state index contributed by atoms with van der Waals surface area (Å²) in [6.45, 7) is 1.64. The predicted octanol–water partition coefficient (Wildman–Crippen LogP) is 1.16. The summed E-state index contributed by atoms with van der Waals surface area (Å²) in [7, 11) is 3.38. The first-order valence-electron chi connectivity index (χ1n) is 7.53. The van der Waals surface area contributed by atoms with Crippen molar-refractivity contribution in [2.45, 2.75) is 31.8 Å². The zero-order chi connectivity index (χ0) is 15.5. The molecule has 22 heavy (non-hydrogen) atoms. The van der Waals surface area contributed by atoms with Gasteiger partial charge in [-0.25, -0.2) is 4.99 Å². The molecule has 130 valence electrons. The van der Waals surface area contributed by atoms with Crippen molar-refractivity contribution in [2.75, 3.05) is 47.0 Å². The van der Waals surface area contributed by atoms with Gasteiger partial charge in [0, 0.05) is 33.8 Å². The summed E-state index contributed by atoms with van der Waals surface area (Å²) >= 11 is 0. The van der Waals surface area contributed by atoms with Crippen molar-refractivity contribution in [3.05, 3.63) is 0 Å². The van der Waals surface area contributed by atoms with Crippen molar-refractivity contribution >= 4 is 35.8 Å². The number of guanidine groups is 1. The van der Waals surface area contributed by atoms with Gasteiger partial charge in [-0.2, -0.15) is 0 Å². The standard InChI is InChI=1S/C14H27FN4O2.HI/c1-19(2)13(20)11-18-14(16-8-5-7-15)17-10-12-6-3-4-9-21-12;/h12H,3-11H2,1-2H3,(H2,16,17,18);1H. The Kier molecular flexibility index (Phi) is 12.5. The summed E-state index contributed by atoms with van der Waals surface area (Å²) in [4.78, 5) is 17.3. The molecule has 0 aromatic rings. The minimum atomic E-state index is -0.372. The maximum Gasteiger partial charge on any atom is 0.243 e. The number of hydrogen-bond acceptors (Lipinski definition) is 3. The van der Waals surface area contributed by atoms with Crippen LogP contribution in [0.2, 0.25) is 0 Å². The Morgan fingerprint density at radius 1 is 1.36 bits per heavy atom. The van der Waals surface area contributed by atoms with Crippen molar-refractivity contribution in [1.29, 1.82) is 0 Å². The minimum absolute atomic E-state index is 0. The zero-order valence-corrected chi connectivity index (χ0v) is 15.8. The lowest BCUT2D eigenvalue weighted by Crippen LogP contribution is -2.43. The Balaban J connectivity index is 0.00000441. The topological polar surface area (TPSA) is 66.0 Å². The number of nitrogens with one attached hydrogen (secondary N) is 2. The molecule has 1 amide bonds. The Morgan fingerprint density at radius 3 is 2.73 bits per heavy atom. The summed E-state index contributed by atoms with van der Waals surface area (Å²) in [6, 6.07) is 0. The van der Waals surface area contributed by atoms with Crippen LogP contribution < -0.4 is 10.6 Å². The quantitative estimate of drug-likeness (QED) is 0.276. The third-order valence-corrected chi connectivity index (χ3v) is 3.25. The average molecular weight is 430 g/mol. The van der Waals surface area contributed by atoms with E-state index in [2.05, 4.69) is 15.6 Å². The molecule has 1 rings (SSSR count). The Morgan fingerprint density at radius 2 is 2.14 bits per heavy atom. The van der Waals surface area contributed by atoms with E-state index in [-0.39, 0.29) is 49.2 Å². The van der Waals surface area contributed by atoms with Crippen LogP contribution >= 0.6 is 24.0 Å². The molecule has 1 saturated heterocycles. The fourth-order valence-electron chi connectivity index (χ4n) is 1.91. The average Bonchev–Trinajstić information content (AvgIpc) is 2.50. The van der Waals surface area contributed by atoms with Gasteiger partial charge in [-0.1, -0.05) is 0 Å². The maximum absolute atomic E-state index is 12.2. The summed E-state index contributed by atoms with van der Waals surface area (Å²) < 4.78 is 17.8. The van der Waals surface area contributed by atoms with Crippen LogP contribution in [-0.4, -0.2) is 69.9 Å². The van der Waals surface area contributed by atoms with Crippen LogP contribution in [0.15, 0.2) is 4.99 Å². The second-order valence-electron chi connectivity index (χ2n) is 5.29. The molecule has 1 aliphatic heterocycles. The van der Waals surface area contributed by atoms with Crippen LogP contribution in [-0.2, 0) is 9.53 Å². The van der Waals surface area contributed by atoms with Crippen molar-refractivity contribution in [1.82, 2.24) is 15.5 Å². The van der Waals surface area contributed by atoms with E-state index in [1.54, 1.807) is 14.1 Å². The molecule has 1 atom stereocenters. The number of carbonyl (C=O) groups excluding carboxylic acids is 1. The number of aliphatic imine (C=N–C) groups is 1. The lowest BCUT2D eigenvalue weighted by Gasteiger charge is -2.23. The van der Waals surface area contributed by atoms with Gasteiger partial charge in [0.1, 0.15) is 6.54 Å². The van der Waals surface area contributed by atoms with Crippen molar-refractivity contribution in [3.63, 3.8) is 0 Å². The molecular weight excluding hydrogens is 402 g/mol. The number of alkyl halides is 1. The highest BCUT2D eigenvalue weighted by molar-refractivity contribution is 14.0. The molecule has 1 fully saturated rings. The number of likely N-dealkylation sites (N-methyl/N-ethyl adjacent to an activating group) is 1. The molecule has 2 N–H and O–H groups in total. The number of hydrogen-bond donors (Lipinski definition) is 2. The number of nitrogens with zero attached hydrogens (tertiary/aromatic N) is 2. The van der Waals surface area contributed by atoms with E-state index >= 15 is 0 Å². The van der Waals surface area contributed by atoms with E-state index in [4.69, 9.17) is 4.74 Å². The molecule has 0 aromatic carbocycles. The zero-order valence-electron chi connectivity index (χ0n) is 13.4. The van der Waals surface area contributed by atoms with E-state index in [1.807, 2.05) is 0 Å². The van der Waals surface area contributed by atoms with Gasteiger partial charge in [0.15, 0.2) is 5.96 Å². The molecule has 1 heterocycles. The highest BCUT2D eigenvalue weighted by Gasteiger charge is 2.14. The van der Waals surface area contributed by atoms with Gasteiger partial charge in [0.25, 0.3) is 0 Å². The van der Waals surface area contributed by atoms with Gasteiger partial charge in [0.2, 0.25) is 5.91 Å². The SMILES string of the molecule is CN(C)C(=O)CN=C(NCCCF)NCC1CCCCO1.I. The first-order chi connectivity index (χ1) is 10.1. The molecule has 6 nitrogen and oxygen atoms in total. The molecule has 0 aromatic heterocycles. The number of halogens is 2. The molecule has 0 bridgehead atoms. The van der Waals surface area contributed by atoms with E-state index < -0.39 is 0 Å². The molecule has 0 aliphatic carbocycles. The highest BCUT2D eigenvalue weighted by Crippen LogP contribution is 2.11. The summed E-state index contributed by atoms with van der Waals surface area (Å²) in [5.41, 5.74) is 0. The van der Waals surface area contributed by atoms with Gasteiger partial charge in [-0.3, -0.25) is 9.18 Å². The van der Waals surface area contributed by atoms with Gasteiger partial charge in [0.05, 0.1) is 12.8 Å². The van der Waals surface area contributed by atoms with Crippen LogP contribution in [0.1, 0.15) is 25.7 Å². The number of amides is 1. The first-order valence-corrected chi connectivity index (χ1v) is 7.53. The van der Waals surface area contributed by atoms with Gasteiger partial charge >= 0.3 is 0 Å². The van der Waals surface area contributed by atoms with Crippen LogP contribution in [0.25, 0.3) is 0 Å². The van der Waals surface area contributed by atoms with E-state index in [0.29, 0.717) is 25.5 Å².